The Hall–Kier alpha value is -0.810. The van der Waals surface area contributed by atoms with E-state index in [1.54, 1.807) is 0 Å². The van der Waals surface area contributed by atoms with Gasteiger partial charge in [0.15, 0.2) is 0 Å². The first-order chi connectivity index (χ1) is 4.77. The second-order valence-corrected chi connectivity index (χ2v) is 1.64. The molecule has 60 valence electrons. The van der Waals surface area contributed by atoms with Crippen LogP contribution in [0.3, 0.4) is 0 Å². The van der Waals surface area contributed by atoms with Gasteiger partial charge in [-0.2, -0.15) is 0 Å². The standard InChI is InChI=1S/C5H12N2O3/c6-5(9)10-4-2-7-1-3-8/h7-8H,1-4H2,(H2,6,9). The van der Waals surface area contributed by atoms with Gasteiger partial charge in [-0.05, 0) is 0 Å². The molecule has 0 aromatic rings. The van der Waals surface area contributed by atoms with Crippen molar-refractivity contribution in [3.05, 3.63) is 0 Å². The maximum atomic E-state index is 9.95. The topological polar surface area (TPSA) is 84.6 Å². The van der Waals surface area contributed by atoms with E-state index in [1.807, 2.05) is 0 Å². The molecular weight excluding hydrogens is 136 g/mol. The summed E-state index contributed by atoms with van der Waals surface area (Å²) < 4.78 is 4.38. The molecule has 5 nitrogen and oxygen atoms in total. The molecule has 4 N–H and O–H groups in total. The van der Waals surface area contributed by atoms with Crippen LogP contribution in [0.25, 0.3) is 0 Å². The van der Waals surface area contributed by atoms with Gasteiger partial charge in [-0.25, -0.2) is 4.79 Å². The van der Waals surface area contributed by atoms with Crippen LogP contribution in [-0.4, -0.2) is 37.5 Å². The number of carbonyl (C=O) groups is 1. The lowest BCUT2D eigenvalue weighted by molar-refractivity contribution is 0.156. The van der Waals surface area contributed by atoms with E-state index in [1.165, 1.54) is 0 Å². The Labute approximate surface area is 59.2 Å². The van der Waals surface area contributed by atoms with E-state index in [0.717, 1.165) is 0 Å². The lowest BCUT2D eigenvalue weighted by Crippen LogP contribution is -2.25. The zero-order chi connectivity index (χ0) is 7.82. The van der Waals surface area contributed by atoms with Gasteiger partial charge in [0.1, 0.15) is 6.61 Å². The van der Waals surface area contributed by atoms with Gasteiger partial charge in [0.05, 0.1) is 6.61 Å². The summed E-state index contributed by atoms with van der Waals surface area (Å²) in [4.78, 5) is 9.95. The summed E-state index contributed by atoms with van der Waals surface area (Å²) in [7, 11) is 0. The third-order valence-corrected chi connectivity index (χ3v) is 0.812. The second kappa shape index (κ2) is 6.31. The number of ether oxygens (including phenoxy) is 1. The molecule has 0 saturated carbocycles. The molecule has 0 rings (SSSR count). The number of nitrogens with one attached hydrogen (secondary N) is 1. The van der Waals surface area contributed by atoms with E-state index in [9.17, 15) is 4.79 Å². The molecule has 0 unspecified atom stereocenters. The number of amides is 1. The molecule has 0 aliphatic carbocycles. The average Bonchev–Trinajstić information content (AvgIpc) is 1.87. The number of aliphatic hydroxyl groups excluding tert-OH is 1. The molecule has 10 heavy (non-hydrogen) atoms. The summed E-state index contributed by atoms with van der Waals surface area (Å²) in [5.41, 5.74) is 4.67. The molecular formula is C5H12N2O3. The molecule has 0 aromatic heterocycles. The van der Waals surface area contributed by atoms with Crippen LogP contribution >= 0.6 is 0 Å². The number of nitrogens with two attached hydrogens (primary N) is 1. The van der Waals surface area contributed by atoms with E-state index in [2.05, 4.69) is 15.8 Å². The van der Waals surface area contributed by atoms with Crippen LogP contribution in [0.2, 0.25) is 0 Å². The SMILES string of the molecule is NC(=O)OCCNCCO. The quantitative estimate of drug-likeness (QED) is 0.421. The van der Waals surface area contributed by atoms with Crippen molar-refractivity contribution in [2.45, 2.75) is 0 Å². The highest BCUT2D eigenvalue weighted by atomic mass is 16.5. The highest BCUT2D eigenvalue weighted by molar-refractivity contribution is 5.64. The minimum atomic E-state index is -0.772. The molecule has 0 heterocycles. The third kappa shape index (κ3) is 7.19. The van der Waals surface area contributed by atoms with Gasteiger partial charge in [0, 0.05) is 13.1 Å². The summed E-state index contributed by atoms with van der Waals surface area (Å²) >= 11 is 0. The fourth-order valence-corrected chi connectivity index (χ4v) is 0.428. The number of aliphatic hydroxyl groups is 1. The van der Waals surface area contributed by atoms with E-state index < -0.39 is 6.09 Å². The Morgan fingerprint density at radius 2 is 2.30 bits per heavy atom. The van der Waals surface area contributed by atoms with Crippen LogP contribution in [0.4, 0.5) is 4.79 Å². The molecule has 0 aliphatic rings. The molecule has 1 amide bonds. The van der Waals surface area contributed by atoms with Crippen LogP contribution in [0.15, 0.2) is 0 Å². The predicted molar refractivity (Wildman–Crippen MR) is 35.5 cm³/mol. The molecule has 0 spiro atoms. The van der Waals surface area contributed by atoms with Crippen LogP contribution in [-0.2, 0) is 4.74 Å². The van der Waals surface area contributed by atoms with E-state index in [4.69, 9.17) is 5.11 Å². The molecule has 0 bridgehead atoms. The first-order valence-electron chi connectivity index (χ1n) is 3.01. The Morgan fingerprint density at radius 3 is 2.80 bits per heavy atom. The Morgan fingerprint density at radius 1 is 1.60 bits per heavy atom. The first kappa shape index (κ1) is 9.19. The van der Waals surface area contributed by atoms with Crippen molar-refractivity contribution in [2.24, 2.45) is 5.73 Å². The van der Waals surface area contributed by atoms with E-state index >= 15 is 0 Å². The van der Waals surface area contributed by atoms with Crippen molar-refractivity contribution in [1.82, 2.24) is 5.32 Å². The highest BCUT2D eigenvalue weighted by Crippen LogP contribution is 1.70. The van der Waals surface area contributed by atoms with Gasteiger partial charge in [-0.3, -0.25) is 0 Å². The fraction of sp³-hybridized carbons (Fsp3) is 0.800. The summed E-state index contributed by atoms with van der Waals surface area (Å²) in [6, 6.07) is 0. The minimum absolute atomic E-state index is 0.0799. The van der Waals surface area contributed by atoms with Crippen LogP contribution < -0.4 is 11.1 Å². The summed E-state index contributed by atoms with van der Waals surface area (Å²) in [5.74, 6) is 0. The van der Waals surface area contributed by atoms with Crippen molar-refractivity contribution in [1.29, 1.82) is 0 Å². The van der Waals surface area contributed by atoms with Gasteiger partial charge >= 0.3 is 6.09 Å². The lowest BCUT2D eigenvalue weighted by Gasteiger charge is -2.01. The monoisotopic (exact) mass is 148 g/mol. The molecule has 0 fully saturated rings. The molecule has 0 saturated heterocycles. The largest absolute Gasteiger partial charge is 0.448 e. The predicted octanol–water partition coefficient (Wildman–Crippen LogP) is -1.34. The Bertz CT molecular complexity index is 96.9. The Kier molecular flexibility index (Phi) is 5.80. The van der Waals surface area contributed by atoms with Gasteiger partial charge in [-0.15, -0.1) is 0 Å². The zero-order valence-electron chi connectivity index (χ0n) is 5.67. The van der Waals surface area contributed by atoms with Gasteiger partial charge < -0.3 is 20.9 Å². The second-order valence-electron chi connectivity index (χ2n) is 1.64. The number of hydrogen-bond donors (Lipinski definition) is 3. The maximum Gasteiger partial charge on any atom is 0.404 e. The molecule has 0 atom stereocenters. The molecule has 0 radical (unpaired) electrons. The van der Waals surface area contributed by atoms with Crippen molar-refractivity contribution in [3.63, 3.8) is 0 Å². The number of rotatable bonds is 5. The molecule has 0 aromatic carbocycles. The number of hydrogen-bond acceptors (Lipinski definition) is 4. The van der Waals surface area contributed by atoms with Crippen LogP contribution in [0.5, 0.6) is 0 Å². The molecule has 0 aliphatic heterocycles. The first-order valence-corrected chi connectivity index (χ1v) is 3.01. The number of primary amides is 1. The minimum Gasteiger partial charge on any atom is -0.448 e. The van der Waals surface area contributed by atoms with Crippen molar-refractivity contribution >= 4 is 6.09 Å². The third-order valence-electron chi connectivity index (χ3n) is 0.812. The maximum absolute atomic E-state index is 9.95. The van der Waals surface area contributed by atoms with Crippen molar-refractivity contribution < 1.29 is 14.6 Å². The normalized spacial score (nSPS) is 9.30. The smallest absolute Gasteiger partial charge is 0.404 e. The van der Waals surface area contributed by atoms with Gasteiger partial charge in [-0.1, -0.05) is 0 Å². The fourth-order valence-electron chi connectivity index (χ4n) is 0.428. The summed E-state index contributed by atoms with van der Waals surface area (Å²) in [5, 5.41) is 11.1. The molecule has 5 heteroatoms. The van der Waals surface area contributed by atoms with E-state index in [0.29, 0.717) is 13.1 Å². The van der Waals surface area contributed by atoms with Crippen LogP contribution in [0.1, 0.15) is 0 Å². The summed E-state index contributed by atoms with van der Waals surface area (Å²) in [6.45, 7) is 1.34. The average molecular weight is 148 g/mol. The Balaban J connectivity index is 2.84. The lowest BCUT2D eigenvalue weighted by atomic mass is 10.6. The highest BCUT2D eigenvalue weighted by Gasteiger charge is 1.90. The van der Waals surface area contributed by atoms with Crippen molar-refractivity contribution in [3.8, 4) is 0 Å². The van der Waals surface area contributed by atoms with E-state index in [-0.39, 0.29) is 13.2 Å². The van der Waals surface area contributed by atoms with Crippen molar-refractivity contribution in [2.75, 3.05) is 26.3 Å². The van der Waals surface area contributed by atoms with Crippen LogP contribution in [0, 0.1) is 0 Å². The summed E-state index contributed by atoms with van der Waals surface area (Å²) in [6.07, 6.45) is -0.772. The van der Waals surface area contributed by atoms with Gasteiger partial charge in [0.2, 0.25) is 0 Å². The number of carbonyl (C=O) groups excluding carboxylic acids is 1. The van der Waals surface area contributed by atoms with Gasteiger partial charge in [0.25, 0.3) is 0 Å². The zero-order valence-corrected chi connectivity index (χ0v) is 5.67.